The van der Waals surface area contributed by atoms with Crippen LogP contribution in [0.2, 0.25) is 0 Å². The Morgan fingerprint density at radius 2 is 1.70 bits per heavy atom. The largest absolute Gasteiger partial charge is 0.481 e. The Balaban J connectivity index is 1.19. The molecule has 3 aromatic rings. The van der Waals surface area contributed by atoms with Crippen LogP contribution in [-0.2, 0) is 22.5 Å². The minimum Gasteiger partial charge on any atom is -0.481 e. The summed E-state index contributed by atoms with van der Waals surface area (Å²) in [7, 11) is 0. The molecule has 43 heavy (non-hydrogen) atoms. The Morgan fingerprint density at radius 3 is 2.40 bits per heavy atom. The van der Waals surface area contributed by atoms with Gasteiger partial charge in [0.2, 0.25) is 0 Å². The van der Waals surface area contributed by atoms with Gasteiger partial charge in [-0.15, -0.1) is 0 Å². The maximum Gasteiger partial charge on any atom is 0.407 e. The molecule has 3 aromatic carbocycles. The highest BCUT2D eigenvalue weighted by molar-refractivity contribution is 5.95. The number of alkyl carbamates (subject to hydrolysis) is 1. The number of nitrogens with one attached hydrogen (secondary N) is 1. The van der Waals surface area contributed by atoms with E-state index in [0.29, 0.717) is 37.7 Å². The highest BCUT2D eigenvalue weighted by atomic mass is 16.6. The monoisotopic (exact) mass is 583 g/mol. The SMILES string of the molecule is CC(C)(C)OC(=O)NCc1cccc(C2CCN(C(=O)c3ccc4c(c3)N(CC(C(=O)O)c3ccccc3)CC4)CC2)c1. The van der Waals surface area contributed by atoms with Crippen LogP contribution >= 0.6 is 0 Å². The third-order valence-electron chi connectivity index (χ3n) is 8.27. The molecule has 1 saturated heterocycles. The molecule has 0 radical (unpaired) electrons. The van der Waals surface area contributed by atoms with E-state index in [1.54, 1.807) is 0 Å². The van der Waals surface area contributed by atoms with Gasteiger partial charge in [0, 0.05) is 44.0 Å². The Hall–Kier alpha value is -4.33. The molecule has 226 valence electrons. The molecule has 5 rings (SSSR count). The Morgan fingerprint density at radius 1 is 0.953 bits per heavy atom. The zero-order chi connectivity index (χ0) is 30.6. The number of anilines is 1. The van der Waals surface area contributed by atoms with Crippen molar-refractivity contribution in [3.05, 3.63) is 101 Å². The fourth-order valence-electron chi connectivity index (χ4n) is 6.04. The predicted octanol–water partition coefficient (Wildman–Crippen LogP) is 5.96. The van der Waals surface area contributed by atoms with Crippen LogP contribution in [0.3, 0.4) is 0 Å². The minimum absolute atomic E-state index is 0.0151. The predicted molar refractivity (Wildman–Crippen MR) is 167 cm³/mol. The van der Waals surface area contributed by atoms with Crippen LogP contribution in [-0.4, -0.2) is 59.8 Å². The molecule has 8 nitrogen and oxygen atoms in total. The molecular weight excluding hydrogens is 542 g/mol. The number of carboxylic acids is 1. The van der Waals surface area contributed by atoms with Gasteiger partial charge in [0.05, 0.1) is 5.92 Å². The van der Waals surface area contributed by atoms with E-state index < -0.39 is 23.6 Å². The molecule has 2 aliphatic rings. The third kappa shape index (κ3) is 7.55. The molecule has 0 bridgehead atoms. The third-order valence-corrected chi connectivity index (χ3v) is 8.27. The van der Waals surface area contributed by atoms with Gasteiger partial charge in [0.1, 0.15) is 5.60 Å². The fourth-order valence-corrected chi connectivity index (χ4v) is 6.04. The molecular formula is C35H41N3O5. The number of likely N-dealkylation sites (tertiary alicyclic amines) is 1. The van der Waals surface area contributed by atoms with E-state index in [0.717, 1.165) is 48.2 Å². The van der Waals surface area contributed by atoms with Crippen molar-refractivity contribution in [1.82, 2.24) is 10.2 Å². The van der Waals surface area contributed by atoms with Crippen LogP contribution in [0.1, 0.15) is 78.1 Å². The smallest absolute Gasteiger partial charge is 0.407 e. The van der Waals surface area contributed by atoms with Crippen molar-refractivity contribution in [2.45, 2.75) is 64.0 Å². The van der Waals surface area contributed by atoms with Gasteiger partial charge < -0.3 is 25.0 Å². The van der Waals surface area contributed by atoms with Crippen LogP contribution in [0.5, 0.6) is 0 Å². The molecule has 1 fully saturated rings. The second kappa shape index (κ2) is 12.9. The number of nitrogens with zero attached hydrogens (tertiary/aromatic N) is 2. The minimum atomic E-state index is -0.848. The molecule has 0 aliphatic carbocycles. The van der Waals surface area contributed by atoms with E-state index in [1.807, 2.05) is 86.3 Å². The van der Waals surface area contributed by atoms with Gasteiger partial charge in [-0.2, -0.15) is 0 Å². The van der Waals surface area contributed by atoms with Gasteiger partial charge in [-0.05, 0) is 80.3 Å². The second-order valence-electron chi connectivity index (χ2n) is 12.5. The lowest BCUT2D eigenvalue weighted by molar-refractivity contribution is -0.138. The lowest BCUT2D eigenvalue weighted by Gasteiger charge is -2.33. The number of carbonyl (C=O) groups excluding carboxylic acids is 2. The summed E-state index contributed by atoms with van der Waals surface area (Å²) in [5.41, 5.74) is 5.22. The number of amides is 2. The number of piperidine rings is 1. The lowest BCUT2D eigenvalue weighted by atomic mass is 9.88. The summed E-state index contributed by atoms with van der Waals surface area (Å²) >= 11 is 0. The first-order valence-corrected chi connectivity index (χ1v) is 15.1. The van der Waals surface area contributed by atoms with Crippen LogP contribution in [0, 0.1) is 0 Å². The molecule has 0 aromatic heterocycles. The summed E-state index contributed by atoms with van der Waals surface area (Å²) in [5.74, 6) is -1.13. The number of aliphatic carboxylic acids is 1. The first-order valence-electron chi connectivity index (χ1n) is 15.1. The van der Waals surface area contributed by atoms with Crippen molar-refractivity contribution < 1.29 is 24.2 Å². The van der Waals surface area contributed by atoms with Crippen molar-refractivity contribution in [2.24, 2.45) is 0 Å². The summed E-state index contributed by atoms with van der Waals surface area (Å²) in [6.07, 6.45) is 2.13. The van der Waals surface area contributed by atoms with Crippen molar-refractivity contribution in [3.8, 4) is 0 Å². The summed E-state index contributed by atoms with van der Waals surface area (Å²) in [6, 6.07) is 23.5. The van der Waals surface area contributed by atoms with E-state index in [1.165, 1.54) is 5.56 Å². The van der Waals surface area contributed by atoms with E-state index >= 15 is 0 Å². The van der Waals surface area contributed by atoms with Crippen molar-refractivity contribution in [2.75, 3.05) is 31.1 Å². The van der Waals surface area contributed by atoms with E-state index in [9.17, 15) is 19.5 Å². The van der Waals surface area contributed by atoms with E-state index in [2.05, 4.69) is 22.3 Å². The molecule has 0 spiro atoms. The van der Waals surface area contributed by atoms with Gasteiger partial charge in [-0.25, -0.2) is 4.79 Å². The number of rotatable bonds is 8. The number of ether oxygens (including phenoxy) is 1. The Bertz CT molecular complexity index is 1460. The average Bonchev–Trinajstić information content (AvgIpc) is 3.40. The number of fused-ring (bicyclic) bond motifs is 1. The second-order valence-corrected chi connectivity index (χ2v) is 12.5. The van der Waals surface area contributed by atoms with E-state index in [4.69, 9.17) is 4.74 Å². The molecule has 2 amide bonds. The first-order chi connectivity index (χ1) is 20.6. The van der Waals surface area contributed by atoms with Crippen LogP contribution < -0.4 is 10.2 Å². The topological polar surface area (TPSA) is 99.2 Å². The van der Waals surface area contributed by atoms with Crippen LogP contribution in [0.4, 0.5) is 10.5 Å². The molecule has 8 heteroatoms. The molecule has 2 heterocycles. The van der Waals surface area contributed by atoms with Gasteiger partial charge in [0.15, 0.2) is 0 Å². The standard InChI is InChI=1S/C35H41N3O5/c1-35(2,3)43-34(42)36-22-24-8-7-11-28(20-24)25-14-17-37(18-15-25)32(39)29-13-12-27-16-19-38(31(27)21-29)23-30(33(40)41)26-9-5-4-6-10-26/h4-13,20-21,25,30H,14-19,22-23H2,1-3H3,(H,36,42)(H,40,41). The molecule has 0 saturated carbocycles. The van der Waals surface area contributed by atoms with Gasteiger partial charge in [-0.1, -0.05) is 60.7 Å². The zero-order valence-corrected chi connectivity index (χ0v) is 25.2. The fraction of sp³-hybridized carbons (Fsp3) is 0.400. The number of hydrogen-bond acceptors (Lipinski definition) is 5. The van der Waals surface area contributed by atoms with Crippen molar-refractivity contribution in [3.63, 3.8) is 0 Å². The summed E-state index contributed by atoms with van der Waals surface area (Å²) in [6.45, 7) is 8.35. The number of carboxylic acid groups (broad SMARTS) is 1. The number of carbonyl (C=O) groups is 3. The Labute approximate surface area is 253 Å². The number of benzene rings is 3. The van der Waals surface area contributed by atoms with Crippen molar-refractivity contribution in [1.29, 1.82) is 0 Å². The molecule has 2 aliphatic heterocycles. The lowest BCUT2D eigenvalue weighted by Crippen LogP contribution is -2.38. The van der Waals surface area contributed by atoms with Gasteiger partial charge in [-0.3, -0.25) is 9.59 Å². The first kappa shape index (κ1) is 30.1. The average molecular weight is 584 g/mol. The van der Waals surface area contributed by atoms with Crippen molar-refractivity contribution >= 4 is 23.7 Å². The van der Waals surface area contributed by atoms with Gasteiger partial charge in [0.25, 0.3) is 5.91 Å². The maximum atomic E-state index is 13.6. The van der Waals surface area contributed by atoms with Crippen LogP contribution in [0.25, 0.3) is 0 Å². The Kier molecular flexibility index (Phi) is 9.04. The molecule has 1 atom stereocenters. The maximum absolute atomic E-state index is 13.6. The van der Waals surface area contributed by atoms with Crippen LogP contribution in [0.15, 0.2) is 72.8 Å². The summed E-state index contributed by atoms with van der Waals surface area (Å²) < 4.78 is 5.34. The normalized spacial score (nSPS) is 16.0. The molecule has 1 unspecified atom stereocenters. The quantitative estimate of drug-likeness (QED) is 0.340. The van der Waals surface area contributed by atoms with Gasteiger partial charge >= 0.3 is 12.1 Å². The summed E-state index contributed by atoms with van der Waals surface area (Å²) in [4.78, 5) is 41.8. The molecule has 2 N–H and O–H groups in total. The van der Waals surface area contributed by atoms with E-state index in [-0.39, 0.29) is 5.91 Å². The highest BCUT2D eigenvalue weighted by Crippen LogP contribution is 2.33. The number of hydrogen-bond donors (Lipinski definition) is 2. The zero-order valence-electron chi connectivity index (χ0n) is 25.2. The highest BCUT2D eigenvalue weighted by Gasteiger charge is 2.29. The summed E-state index contributed by atoms with van der Waals surface area (Å²) in [5, 5.41) is 12.8.